The Hall–Kier alpha value is -3.03. The summed E-state index contributed by atoms with van der Waals surface area (Å²) in [5.41, 5.74) is 3.54. The Labute approximate surface area is 196 Å². The van der Waals surface area contributed by atoms with Gasteiger partial charge >= 0.3 is 0 Å². The minimum absolute atomic E-state index is 0.147. The van der Waals surface area contributed by atoms with Crippen molar-refractivity contribution < 1.29 is 9.47 Å². The second-order valence-electron chi connectivity index (χ2n) is 8.76. The van der Waals surface area contributed by atoms with Gasteiger partial charge < -0.3 is 14.8 Å². The van der Waals surface area contributed by atoms with E-state index in [2.05, 4.69) is 50.5 Å². The molecule has 1 aromatic carbocycles. The van der Waals surface area contributed by atoms with Crippen LogP contribution in [0.3, 0.4) is 0 Å². The van der Waals surface area contributed by atoms with Gasteiger partial charge in [-0.25, -0.2) is 9.97 Å². The van der Waals surface area contributed by atoms with Crippen molar-refractivity contribution >= 4 is 11.6 Å². The number of hydrogen-bond donors (Lipinski definition) is 1. The van der Waals surface area contributed by atoms with Crippen LogP contribution in [0.25, 0.3) is 0 Å². The van der Waals surface area contributed by atoms with Gasteiger partial charge in [-0.1, -0.05) is 12.1 Å². The summed E-state index contributed by atoms with van der Waals surface area (Å²) in [6, 6.07) is 12.6. The summed E-state index contributed by atoms with van der Waals surface area (Å²) in [6.45, 7) is 7.70. The second-order valence-corrected chi connectivity index (χ2v) is 8.76. The molecule has 0 atom stereocenters. The lowest BCUT2D eigenvalue weighted by Gasteiger charge is -2.32. The van der Waals surface area contributed by atoms with Crippen molar-refractivity contribution in [1.29, 1.82) is 0 Å². The van der Waals surface area contributed by atoms with Gasteiger partial charge in [-0.3, -0.25) is 9.88 Å². The highest BCUT2D eigenvalue weighted by Crippen LogP contribution is 2.29. The lowest BCUT2D eigenvalue weighted by Crippen LogP contribution is -2.32. The van der Waals surface area contributed by atoms with Crippen molar-refractivity contribution in [3.05, 3.63) is 71.8 Å². The molecule has 7 nitrogen and oxygen atoms in total. The molecule has 4 rings (SSSR count). The molecule has 0 bridgehead atoms. The van der Waals surface area contributed by atoms with Gasteiger partial charge in [0.25, 0.3) is 0 Å². The van der Waals surface area contributed by atoms with Crippen molar-refractivity contribution in [2.75, 3.05) is 25.5 Å². The van der Waals surface area contributed by atoms with Crippen molar-refractivity contribution in [1.82, 2.24) is 19.9 Å². The zero-order chi connectivity index (χ0) is 23.0. The number of likely N-dealkylation sites (tertiary alicyclic amines) is 1. The quantitative estimate of drug-likeness (QED) is 0.499. The number of benzene rings is 1. The van der Waals surface area contributed by atoms with Gasteiger partial charge in [0.15, 0.2) is 0 Å². The third kappa shape index (κ3) is 6.49. The third-order valence-corrected chi connectivity index (χ3v) is 5.79. The molecule has 3 aromatic rings. The van der Waals surface area contributed by atoms with Gasteiger partial charge in [-0.2, -0.15) is 0 Å². The predicted molar refractivity (Wildman–Crippen MR) is 130 cm³/mol. The van der Waals surface area contributed by atoms with Crippen LogP contribution in [-0.4, -0.2) is 46.2 Å². The Morgan fingerprint density at radius 2 is 1.94 bits per heavy atom. The highest BCUT2D eigenvalue weighted by atomic mass is 16.5. The Morgan fingerprint density at radius 1 is 1.09 bits per heavy atom. The first-order valence-corrected chi connectivity index (χ1v) is 11.6. The van der Waals surface area contributed by atoms with Crippen molar-refractivity contribution in [2.24, 2.45) is 0 Å². The molecule has 1 saturated heterocycles. The molecule has 7 heteroatoms. The highest BCUT2D eigenvalue weighted by molar-refractivity contribution is 5.50. The fraction of sp³-hybridized carbons (Fsp3) is 0.423. The first-order chi connectivity index (χ1) is 16.1. The van der Waals surface area contributed by atoms with E-state index in [-0.39, 0.29) is 6.10 Å². The smallest absolute Gasteiger partial charge is 0.150 e. The number of methoxy groups -OCH3 is 1. The molecule has 0 spiro atoms. The normalized spacial score (nSPS) is 15.0. The fourth-order valence-electron chi connectivity index (χ4n) is 4.26. The lowest BCUT2D eigenvalue weighted by atomic mass is 9.92. The highest BCUT2D eigenvalue weighted by Gasteiger charge is 2.22. The standard InChI is InChI=1S/C26H33N5O2/c1-19(2)33-24-8-7-20(15-22(24)18-32-3)17-31-13-9-21(10-14-31)23-5-4-6-25(29-23)30-26-16-27-11-12-28-26/h4-8,11-12,15-16,19,21H,9-10,13-14,17-18H2,1-3H3,(H,28,29,30). The third-order valence-electron chi connectivity index (χ3n) is 5.79. The monoisotopic (exact) mass is 447 g/mol. The Morgan fingerprint density at radius 3 is 2.67 bits per heavy atom. The summed E-state index contributed by atoms with van der Waals surface area (Å²) in [5.74, 6) is 2.89. The van der Waals surface area contributed by atoms with Gasteiger partial charge in [-0.05, 0) is 69.6 Å². The Kier molecular flexibility index (Phi) is 7.86. The van der Waals surface area contributed by atoms with Crippen LogP contribution in [0.5, 0.6) is 5.75 Å². The molecule has 0 radical (unpaired) electrons. The summed E-state index contributed by atoms with van der Waals surface area (Å²) in [5, 5.41) is 3.24. The number of aromatic nitrogens is 3. The molecule has 33 heavy (non-hydrogen) atoms. The fourth-order valence-corrected chi connectivity index (χ4v) is 4.26. The molecule has 1 fully saturated rings. The van der Waals surface area contributed by atoms with E-state index in [0.29, 0.717) is 18.3 Å². The van der Waals surface area contributed by atoms with Crippen LogP contribution in [0.2, 0.25) is 0 Å². The average molecular weight is 448 g/mol. The zero-order valence-corrected chi connectivity index (χ0v) is 19.7. The van der Waals surface area contributed by atoms with Crippen LogP contribution >= 0.6 is 0 Å². The van der Waals surface area contributed by atoms with E-state index in [9.17, 15) is 0 Å². The molecule has 0 amide bonds. The van der Waals surface area contributed by atoms with Crippen LogP contribution in [0, 0.1) is 0 Å². The molecule has 1 N–H and O–H groups in total. The van der Waals surface area contributed by atoms with Gasteiger partial charge in [0.2, 0.25) is 0 Å². The topological polar surface area (TPSA) is 72.4 Å². The lowest BCUT2D eigenvalue weighted by molar-refractivity contribution is 0.174. The molecule has 174 valence electrons. The molecule has 1 aliphatic rings. The molecule has 0 saturated carbocycles. The number of nitrogens with one attached hydrogen (secondary N) is 1. The van der Waals surface area contributed by atoms with E-state index in [1.807, 2.05) is 19.9 Å². The SMILES string of the molecule is COCc1cc(CN2CCC(c3cccc(Nc4cnccn4)n3)CC2)ccc1OC(C)C. The average Bonchev–Trinajstić information content (AvgIpc) is 2.82. The number of hydrogen-bond acceptors (Lipinski definition) is 7. The maximum absolute atomic E-state index is 5.94. The van der Waals surface area contributed by atoms with E-state index in [1.165, 1.54) is 5.56 Å². The van der Waals surface area contributed by atoms with Gasteiger partial charge in [0, 0.05) is 43.2 Å². The predicted octanol–water partition coefficient (Wildman–Crippen LogP) is 4.93. The second kappa shape index (κ2) is 11.2. The Bertz CT molecular complexity index is 1020. The van der Waals surface area contributed by atoms with Crippen molar-refractivity contribution in [3.8, 4) is 5.75 Å². The molecule has 0 aliphatic carbocycles. The van der Waals surface area contributed by atoms with E-state index < -0.39 is 0 Å². The van der Waals surface area contributed by atoms with E-state index in [0.717, 1.165) is 55.3 Å². The minimum atomic E-state index is 0.147. The molecule has 2 aromatic heterocycles. The first kappa shape index (κ1) is 23.1. The zero-order valence-electron chi connectivity index (χ0n) is 19.7. The van der Waals surface area contributed by atoms with Crippen molar-refractivity contribution in [2.45, 2.75) is 51.9 Å². The summed E-state index contributed by atoms with van der Waals surface area (Å²) < 4.78 is 11.3. The van der Waals surface area contributed by atoms with E-state index in [1.54, 1.807) is 25.7 Å². The van der Waals surface area contributed by atoms with Crippen LogP contribution in [0.15, 0.2) is 55.0 Å². The maximum Gasteiger partial charge on any atom is 0.150 e. The summed E-state index contributed by atoms with van der Waals surface area (Å²) in [4.78, 5) is 15.7. The van der Waals surface area contributed by atoms with Crippen molar-refractivity contribution in [3.63, 3.8) is 0 Å². The first-order valence-electron chi connectivity index (χ1n) is 11.6. The van der Waals surface area contributed by atoms with Crippen LogP contribution in [0.4, 0.5) is 11.6 Å². The van der Waals surface area contributed by atoms with Crippen LogP contribution in [0.1, 0.15) is 49.4 Å². The van der Waals surface area contributed by atoms with E-state index >= 15 is 0 Å². The number of piperidine rings is 1. The number of ether oxygens (including phenoxy) is 2. The van der Waals surface area contributed by atoms with Gasteiger partial charge in [-0.15, -0.1) is 0 Å². The number of anilines is 2. The van der Waals surface area contributed by atoms with Crippen LogP contribution in [-0.2, 0) is 17.9 Å². The number of pyridine rings is 1. The molecule has 0 unspecified atom stereocenters. The van der Waals surface area contributed by atoms with Crippen LogP contribution < -0.4 is 10.1 Å². The summed E-state index contributed by atoms with van der Waals surface area (Å²) >= 11 is 0. The maximum atomic E-state index is 5.94. The minimum Gasteiger partial charge on any atom is -0.491 e. The largest absolute Gasteiger partial charge is 0.491 e. The van der Waals surface area contributed by atoms with Gasteiger partial charge in [0.1, 0.15) is 17.4 Å². The van der Waals surface area contributed by atoms with Gasteiger partial charge in [0.05, 0.1) is 18.9 Å². The number of nitrogens with zero attached hydrogens (tertiary/aromatic N) is 4. The summed E-state index contributed by atoms with van der Waals surface area (Å²) in [7, 11) is 1.72. The van der Waals surface area contributed by atoms with E-state index in [4.69, 9.17) is 14.5 Å². The summed E-state index contributed by atoms with van der Waals surface area (Å²) in [6.07, 6.45) is 7.38. The number of rotatable bonds is 9. The molecular formula is C26H33N5O2. The molecule has 1 aliphatic heterocycles. The molecular weight excluding hydrogens is 414 g/mol. The molecule has 3 heterocycles. The Balaban J connectivity index is 1.35.